The van der Waals surface area contributed by atoms with Gasteiger partial charge in [0, 0.05) is 13.3 Å². The van der Waals surface area contributed by atoms with Crippen molar-refractivity contribution in [1.29, 1.82) is 0 Å². The average molecular weight is 371 g/mol. The number of hydrogen-bond acceptors (Lipinski definition) is 2. The first-order valence-electron chi connectivity index (χ1n) is 11.2. The highest BCUT2D eigenvalue weighted by molar-refractivity contribution is 5.75. The fourth-order valence-electron chi connectivity index (χ4n) is 3.12. The smallest absolute Gasteiger partial charge is 0.224 e. The summed E-state index contributed by atoms with van der Waals surface area (Å²) >= 11 is 0. The number of nitrogens with one attached hydrogen (secondary N) is 1. The van der Waals surface area contributed by atoms with Crippen LogP contribution in [-0.2, 0) is 4.79 Å². The predicted molar refractivity (Wildman–Crippen MR) is 113 cm³/mol. The summed E-state index contributed by atoms with van der Waals surface area (Å²) in [7, 11) is 3.11. The third-order valence-corrected chi connectivity index (χ3v) is 5.31. The molecule has 0 radical (unpaired) electrons. The van der Waals surface area contributed by atoms with Crippen molar-refractivity contribution >= 4 is 5.91 Å². The summed E-state index contributed by atoms with van der Waals surface area (Å²) in [6.45, 7) is 4.03. The molecule has 4 nitrogen and oxygen atoms in total. The largest absolute Gasteiger partial charge is 0.632 e. The van der Waals surface area contributed by atoms with E-state index in [0.29, 0.717) is 6.42 Å². The van der Waals surface area contributed by atoms with Gasteiger partial charge in [-0.05, 0) is 6.42 Å². The SMILES string of the molecule is CCCCCCCCCCCCCCCCCC(=O)NC(C)[N+](C)(C)[O-]. The number of carbonyl (C=O) groups excluding carboxylic acids is 1. The lowest BCUT2D eigenvalue weighted by Gasteiger charge is -2.39. The van der Waals surface area contributed by atoms with Crippen LogP contribution in [0.25, 0.3) is 0 Å². The first-order chi connectivity index (χ1) is 12.4. The minimum Gasteiger partial charge on any atom is -0.632 e. The minimum absolute atomic E-state index is 0.00856. The summed E-state index contributed by atoms with van der Waals surface area (Å²) in [6.07, 6.45) is 20.1. The summed E-state index contributed by atoms with van der Waals surface area (Å²) in [5.41, 5.74) is 0. The Bertz CT molecular complexity index is 327. The second-order valence-electron chi connectivity index (χ2n) is 8.38. The van der Waals surface area contributed by atoms with Gasteiger partial charge in [-0.2, -0.15) is 0 Å². The standard InChI is InChI=1S/C22H46N2O2/c1-5-6-7-8-9-10-11-12-13-14-15-16-17-18-19-20-22(25)23-21(2)24(3,4)26/h21H,5-20H2,1-4H3,(H,23,25). The highest BCUT2D eigenvalue weighted by Gasteiger charge is 2.16. The van der Waals surface area contributed by atoms with E-state index in [2.05, 4.69) is 12.2 Å². The number of quaternary nitrogens is 1. The van der Waals surface area contributed by atoms with E-state index in [-0.39, 0.29) is 12.1 Å². The molecular weight excluding hydrogens is 324 g/mol. The maximum Gasteiger partial charge on any atom is 0.224 e. The molecule has 1 atom stereocenters. The normalized spacial score (nSPS) is 13.0. The molecular formula is C22H46N2O2. The Morgan fingerprint density at radius 3 is 1.46 bits per heavy atom. The summed E-state index contributed by atoms with van der Waals surface area (Å²) in [4.78, 5) is 11.8. The molecule has 0 bridgehead atoms. The van der Waals surface area contributed by atoms with E-state index in [1.807, 2.05) is 0 Å². The number of carbonyl (C=O) groups is 1. The Morgan fingerprint density at radius 1 is 0.769 bits per heavy atom. The van der Waals surface area contributed by atoms with E-state index in [1.165, 1.54) is 83.5 Å². The van der Waals surface area contributed by atoms with E-state index in [0.717, 1.165) is 12.8 Å². The highest BCUT2D eigenvalue weighted by atomic mass is 16.5. The van der Waals surface area contributed by atoms with Gasteiger partial charge in [0.25, 0.3) is 0 Å². The van der Waals surface area contributed by atoms with Crippen LogP contribution in [0.5, 0.6) is 0 Å². The topological polar surface area (TPSA) is 52.2 Å². The zero-order valence-corrected chi connectivity index (χ0v) is 18.2. The van der Waals surface area contributed by atoms with Gasteiger partial charge in [0.05, 0.1) is 14.1 Å². The van der Waals surface area contributed by atoms with Gasteiger partial charge in [-0.25, -0.2) is 0 Å². The summed E-state index contributed by atoms with van der Waals surface area (Å²) < 4.78 is -0.482. The van der Waals surface area contributed by atoms with Crippen molar-refractivity contribution in [2.24, 2.45) is 0 Å². The molecule has 0 aromatic rings. The Balaban J connectivity index is 3.25. The second-order valence-corrected chi connectivity index (χ2v) is 8.38. The molecule has 26 heavy (non-hydrogen) atoms. The molecule has 0 aromatic heterocycles. The Morgan fingerprint density at radius 2 is 1.12 bits per heavy atom. The lowest BCUT2D eigenvalue weighted by atomic mass is 10.0. The monoisotopic (exact) mass is 370 g/mol. The van der Waals surface area contributed by atoms with Crippen LogP contribution in [0.4, 0.5) is 0 Å². The molecule has 156 valence electrons. The first-order valence-corrected chi connectivity index (χ1v) is 11.2. The van der Waals surface area contributed by atoms with Crippen molar-refractivity contribution in [1.82, 2.24) is 5.32 Å². The van der Waals surface area contributed by atoms with Crippen molar-refractivity contribution in [3.8, 4) is 0 Å². The van der Waals surface area contributed by atoms with Crippen LogP contribution in [0.2, 0.25) is 0 Å². The van der Waals surface area contributed by atoms with Gasteiger partial charge in [-0.15, -0.1) is 0 Å². The quantitative estimate of drug-likeness (QED) is 0.133. The van der Waals surface area contributed by atoms with Crippen molar-refractivity contribution < 1.29 is 9.44 Å². The second kappa shape index (κ2) is 16.6. The minimum atomic E-state index is -0.482. The van der Waals surface area contributed by atoms with Crippen molar-refractivity contribution in [2.75, 3.05) is 14.1 Å². The molecule has 0 rings (SSSR count). The zero-order valence-electron chi connectivity index (χ0n) is 18.2. The van der Waals surface area contributed by atoms with Crippen molar-refractivity contribution in [2.45, 2.75) is 123 Å². The lowest BCUT2D eigenvalue weighted by Crippen LogP contribution is -2.52. The van der Waals surface area contributed by atoms with Gasteiger partial charge in [0.1, 0.15) is 0 Å². The molecule has 0 spiro atoms. The van der Waals surface area contributed by atoms with Gasteiger partial charge in [0.2, 0.25) is 5.91 Å². The number of nitrogens with zero attached hydrogens (tertiary/aromatic N) is 1. The molecule has 1 unspecified atom stereocenters. The predicted octanol–water partition coefficient (Wildman–Crippen LogP) is 6.28. The first kappa shape index (κ1) is 25.4. The molecule has 0 aliphatic carbocycles. The molecule has 1 N–H and O–H groups in total. The molecule has 0 saturated heterocycles. The average Bonchev–Trinajstić information content (AvgIpc) is 2.57. The molecule has 0 aromatic carbocycles. The maximum absolute atomic E-state index is 11.8. The lowest BCUT2D eigenvalue weighted by molar-refractivity contribution is -0.866. The van der Waals surface area contributed by atoms with E-state index < -0.39 is 4.65 Å². The molecule has 0 aliphatic heterocycles. The van der Waals surface area contributed by atoms with Gasteiger partial charge in [0.15, 0.2) is 6.17 Å². The third kappa shape index (κ3) is 16.8. The number of unbranched alkanes of at least 4 members (excludes halogenated alkanes) is 14. The third-order valence-electron chi connectivity index (χ3n) is 5.31. The zero-order chi connectivity index (χ0) is 19.7. The molecule has 0 fully saturated rings. The Hall–Kier alpha value is -0.610. The van der Waals surface area contributed by atoms with Crippen LogP contribution < -0.4 is 5.32 Å². The van der Waals surface area contributed by atoms with Gasteiger partial charge in [-0.1, -0.05) is 96.8 Å². The number of amides is 1. The van der Waals surface area contributed by atoms with Crippen molar-refractivity contribution in [3.05, 3.63) is 5.21 Å². The van der Waals surface area contributed by atoms with E-state index in [4.69, 9.17) is 0 Å². The number of rotatable bonds is 18. The van der Waals surface area contributed by atoms with Gasteiger partial charge < -0.3 is 15.2 Å². The number of hydroxylamine groups is 3. The molecule has 0 saturated carbocycles. The Labute approximate surface area is 163 Å². The van der Waals surface area contributed by atoms with Crippen LogP contribution in [0.1, 0.15) is 117 Å². The maximum atomic E-state index is 11.8. The fourth-order valence-corrected chi connectivity index (χ4v) is 3.12. The summed E-state index contributed by atoms with van der Waals surface area (Å²) in [6, 6.07) is 0. The molecule has 0 aliphatic rings. The molecule has 0 heterocycles. The van der Waals surface area contributed by atoms with Crippen LogP contribution in [0, 0.1) is 5.21 Å². The molecule has 4 heteroatoms. The molecule has 1 amide bonds. The van der Waals surface area contributed by atoms with Crippen LogP contribution >= 0.6 is 0 Å². The highest BCUT2D eigenvalue weighted by Crippen LogP contribution is 2.13. The fraction of sp³-hybridized carbons (Fsp3) is 0.955. The van der Waals surface area contributed by atoms with Crippen molar-refractivity contribution in [3.63, 3.8) is 0 Å². The summed E-state index contributed by atoms with van der Waals surface area (Å²) in [5, 5.41) is 14.5. The van der Waals surface area contributed by atoms with E-state index in [9.17, 15) is 10.0 Å². The van der Waals surface area contributed by atoms with Crippen LogP contribution in [-0.4, -0.2) is 30.8 Å². The van der Waals surface area contributed by atoms with Crippen LogP contribution in [0.3, 0.4) is 0 Å². The summed E-state index contributed by atoms with van der Waals surface area (Å²) in [5.74, 6) is 0.00856. The number of hydrogen-bond donors (Lipinski definition) is 1. The van der Waals surface area contributed by atoms with E-state index >= 15 is 0 Å². The van der Waals surface area contributed by atoms with Gasteiger partial charge >= 0.3 is 0 Å². The van der Waals surface area contributed by atoms with Crippen LogP contribution in [0.15, 0.2) is 0 Å². The van der Waals surface area contributed by atoms with E-state index in [1.54, 1.807) is 21.0 Å². The van der Waals surface area contributed by atoms with Gasteiger partial charge in [-0.3, -0.25) is 4.79 Å². The Kier molecular flexibility index (Phi) is 16.2.